The minimum atomic E-state index is 0.361. The first-order valence-electron chi connectivity index (χ1n) is 5.70. The van der Waals surface area contributed by atoms with Crippen molar-refractivity contribution >= 4 is 18.1 Å². The van der Waals surface area contributed by atoms with Gasteiger partial charge in [0.15, 0.2) is 5.76 Å². The fraction of sp³-hybridized carbons (Fsp3) is 0.167. The van der Waals surface area contributed by atoms with Gasteiger partial charge in [0.05, 0.1) is 12.6 Å². The van der Waals surface area contributed by atoms with Crippen LogP contribution >= 0.6 is 0 Å². The number of fused-ring (bicyclic) bond motifs is 1. The molecule has 0 radical (unpaired) electrons. The molecule has 0 fully saturated rings. The summed E-state index contributed by atoms with van der Waals surface area (Å²) >= 11 is 0. The van der Waals surface area contributed by atoms with E-state index < -0.39 is 0 Å². The smallest absolute Gasteiger partial charge is 0.272 e. The molecule has 0 N–H and O–H groups in total. The number of aromatic nitrogens is 4. The minimum Gasteiger partial charge on any atom is -0.463 e. The van der Waals surface area contributed by atoms with Crippen LogP contribution in [0.2, 0.25) is 0 Å². The molecule has 3 aromatic rings. The van der Waals surface area contributed by atoms with Crippen LogP contribution in [0.4, 0.5) is 5.95 Å². The molecule has 0 spiro atoms. The van der Waals surface area contributed by atoms with Crippen molar-refractivity contribution in [2.75, 3.05) is 14.1 Å². The topological polar surface area (TPSA) is 71.8 Å². The van der Waals surface area contributed by atoms with E-state index in [1.807, 2.05) is 37.2 Å². The van der Waals surface area contributed by atoms with Gasteiger partial charge in [-0.3, -0.25) is 0 Å². The fourth-order valence-electron chi connectivity index (χ4n) is 1.62. The monoisotopic (exact) mass is 256 g/mol. The molecule has 19 heavy (non-hydrogen) atoms. The lowest BCUT2D eigenvalue weighted by Crippen LogP contribution is -2.07. The number of hydrogen-bond donors (Lipinski definition) is 0. The van der Waals surface area contributed by atoms with Crippen LogP contribution in [-0.2, 0) is 0 Å². The molecular weight excluding hydrogens is 244 g/mol. The molecule has 0 unspecified atom stereocenters. The molecule has 3 heterocycles. The van der Waals surface area contributed by atoms with Crippen molar-refractivity contribution < 1.29 is 4.42 Å². The zero-order valence-corrected chi connectivity index (χ0v) is 10.6. The molecule has 3 aromatic heterocycles. The van der Waals surface area contributed by atoms with Crippen LogP contribution in [0.15, 0.2) is 40.1 Å². The number of aliphatic imine (C=N–C) groups is 1. The lowest BCUT2D eigenvalue weighted by Gasteiger charge is -1.99. The van der Waals surface area contributed by atoms with Gasteiger partial charge in [0.2, 0.25) is 0 Å². The van der Waals surface area contributed by atoms with Crippen LogP contribution in [0.5, 0.6) is 0 Å². The van der Waals surface area contributed by atoms with E-state index in [0.717, 1.165) is 5.69 Å². The predicted octanol–water partition coefficient (Wildman–Crippen LogP) is 1.61. The largest absolute Gasteiger partial charge is 0.463 e. The number of nitrogens with zero attached hydrogens (tertiary/aromatic N) is 6. The highest BCUT2D eigenvalue weighted by Gasteiger charge is 2.10. The van der Waals surface area contributed by atoms with E-state index >= 15 is 0 Å². The third kappa shape index (κ3) is 2.17. The highest BCUT2D eigenvalue weighted by Crippen LogP contribution is 2.20. The van der Waals surface area contributed by atoms with Gasteiger partial charge in [-0.25, -0.2) is 9.98 Å². The minimum absolute atomic E-state index is 0.361. The Morgan fingerprint density at radius 2 is 2.26 bits per heavy atom. The van der Waals surface area contributed by atoms with Gasteiger partial charge in [-0.2, -0.15) is 9.50 Å². The Balaban J connectivity index is 2.10. The Bertz CT molecular complexity index is 713. The summed E-state index contributed by atoms with van der Waals surface area (Å²) in [5.41, 5.74) is 0.786. The zero-order chi connectivity index (χ0) is 13.2. The quantitative estimate of drug-likeness (QED) is 0.526. The Morgan fingerprint density at radius 1 is 1.37 bits per heavy atom. The summed E-state index contributed by atoms with van der Waals surface area (Å²) in [4.78, 5) is 14.4. The summed E-state index contributed by atoms with van der Waals surface area (Å²) in [6, 6.07) is 5.50. The molecule has 3 rings (SSSR count). The highest BCUT2D eigenvalue weighted by atomic mass is 16.3. The summed E-state index contributed by atoms with van der Waals surface area (Å²) in [5, 5.41) is 4.30. The first-order chi connectivity index (χ1) is 9.24. The lowest BCUT2D eigenvalue weighted by molar-refractivity contribution is 0.577. The molecule has 7 heteroatoms. The number of hydrogen-bond acceptors (Lipinski definition) is 5. The lowest BCUT2D eigenvalue weighted by atomic mass is 10.3. The van der Waals surface area contributed by atoms with Crippen molar-refractivity contribution in [2.45, 2.75) is 0 Å². The van der Waals surface area contributed by atoms with Crippen molar-refractivity contribution in [3.63, 3.8) is 0 Å². The molecule has 0 aliphatic carbocycles. The molecule has 0 saturated heterocycles. The van der Waals surface area contributed by atoms with Gasteiger partial charge in [-0.15, -0.1) is 5.10 Å². The van der Waals surface area contributed by atoms with Gasteiger partial charge in [0.25, 0.3) is 11.7 Å². The highest BCUT2D eigenvalue weighted by molar-refractivity contribution is 5.59. The summed E-state index contributed by atoms with van der Waals surface area (Å²) < 4.78 is 6.98. The maximum absolute atomic E-state index is 5.37. The van der Waals surface area contributed by atoms with Crippen LogP contribution < -0.4 is 0 Å². The van der Waals surface area contributed by atoms with Crippen molar-refractivity contribution in [3.8, 4) is 11.5 Å². The van der Waals surface area contributed by atoms with Crippen molar-refractivity contribution in [2.24, 2.45) is 4.99 Å². The average Bonchev–Trinajstić information content (AvgIpc) is 3.04. The molecule has 0 aliphatic heterocycles. The van der Waals surface area contributed by atoms with E-state index in [9.17, 15) is 0 Å². The average molecular weight is 256 g/mol. The van der Waals surface area contributed by atoms with Crippen molar-refractivity contribution in [1.82, 2.24) is 24.5 Å². The maximum Gasteiger partial charge on any atom is 0.272 e. The van der Waals surface area contributed by atoms with Crippen LogP contribution in [-0.4, -0.2) is 44.9 Å². The molecule has 0 aliphatic rings. The molecule has 0 bridgehead atoms. The third-order valence-corrected chi connectivity index (χ3v) is 2.41. The molecule has 96 valence electrons. The summed E-state index contributed by atoms with van der Waals surface area (Å²) in [5.74, 6) is 1.56. The van der Waals surface area contributed by atoms with Crippen LogP contribution in [0.1, 0.15) is 0 Å². The second kappa shape index (κ2) is 4.52. The third-order valence-electron chi connectivity index (χ3n) is 2.41. The second-order valence-corrected chi connectivity index (χ2v) is 4.14. The van der Waals surface area contributed by atoms with Crippen LogP contribution in [0.3, 0.4) is 0 Å². The molecular formula is C12H12N6O. The van der Waals surface area contributed by atoms with E-state index in [2.05, 4.69) is 20.1 Å². The van der Waals surface area contributed by atoms with Gasteiger partial charge in [-0.05, 0) is 18.2 Å². The normalized spacial score (nSPS) is 11.5. The van der Waals surface area contributed by atoms with Crippen molar-refractivity contribution in [1.29, 1.82) is 0 Å². The number of rotatable bonds is 3. The van der Waals surface area contributed by atoms with Crippen LogP contribution in [0.25, 0.3) is 17.2 Å². The molecule has 0 aromatic carbocycles. The standard InChI is InChI=1S/C12H12N6O/c1-17(2)8-14-11-15-12-13-6-5-9(18(12)16-11)10-4-3-7-19-10/h3-8H,1-2H3. The van der Waals surface area contributed by atoms with E-state index in [-0.39, 0.29) is 0 Å². The Kier molecular flexibility index (Phi) is 2.71. The van der Waals surface area contributed by atoms with Gasteiger partial charge in [-0.1, -0.05) is 0 Å². The predicted molar refractivity (Wildman–Crippen MR) is 70.3 cm³/mol. The molecule has 0 atom stereocenters. The summed E-state index contributed by atoms with van der Waals surface area (Å²) in [7, 11) is 3.76. The Morgan fingerprint density at radius 3 is 3.00 bits per heavy atom. The first kappa shape index (κ1) is 11.4. The first-order valence-corrected chi connectivity index (χ1v) is 5.70. The Hall–Kier alpha value is -2.70. The van der Waals surface area contributed by atoms with Gasteiger partial charge in [0.1, 0.15) is 5.69 Å². The van der Waals surface area contributed by atoms with E-state index in [1.165, 1.54) is 0 Å². The van der Waals surface area contributed by atoms with E-state index in [0.29, 0.717) is 17.5 Å². The SMILES string of the molecule is CN(C)C=Nc1nc2nccc(-c3ccco3)n2n1. The fourth-order valence-corrected chi connectivity index (χ4v) is 1.62. The Labute approximate surface area is 109 Å². The van der Waals surface area contributed by atoms with Gasteiger partial charge >= 0.3 is 0 Å². The molecule has 0 amide bonds. The summed E-state index contributed by atoms with van der Waals surface area (Å²) in [6.07, 6.45) is 4.92. The zero-order valence-electron chi connectivity index (χ0n) is 10.6. The van der Waals surface area contributed by atoms with E-state index in [4.69, 9.17) is 4.42 Å². The van der Waals surface area contributed by atoms with E-state index in [1.54, 1.807) is 23.3 Å². The van der Waals surface area contributed by atoms with Gasteiger partial charge < -0.3 is 9.32 Å². The molecule has 0 saturated carbocycles. The van der Waals surface area contributed by atoms with Crippen LogP contribution in [0, 0.1) is 0 Å². The molecule has 7 nitrogen and oxygen atoms in total. The van der Waals surface area contributed by atoms with Gasteiger partial charge in [0, 0.05) is 20.3 Å². The van der Waals surface area contributed by atoms with Crippen molar-refractivity contribution in [3.05, 3.63) is 30.7 Å². The number of furan rings is 1. The maximum atomic E-state index is 5.37. The summed E-state index contributed by atoms with van der Waals surface area (Å²) in [6.45, 7) is 0. The second-order valence-electron chi connectivity index (χ2n) is 4.14.